The number of rotatable bonds is 3. The van der Waals surface area contributed by atoms with Crippen LogP contribution in [0.15, 0.2) is 35.3 Å². The molecule has 0 unspecified atom stereocenters. The van der Waals surface area contributed by atoms with Crippen molar-refractivity contribution in [1.29, 1.82) is 0 Å². The summed E-state index contributed by atoms with van der Waals surface area (Å²) in [4.78, 5) is 24.0. The highest BCUT2D eigenvalue weighted by molar-refractivity contribution is 5.38. The van der Waals surface area contributed by atoms with E-state index in [1.165, 1.54) is 5.69 Å². The van der Waals surface area contributed by atoms with Gasteiger partial charge in [-0.2, -0.15) is 0 Å². The van der Waals surface area contributed by atoms with Crippen molar-refractivity contribution in [1.82, 2.24) is 23.8 Å². The van der Waals surface area contributed by atoms with E-state index in [-0.39, 0.29) is 5.56 Å². The Kier molecular flexibility index (Phi) is 3.92. The molecule has 6 nitrogen and oxygen atoms in total. The molecular weight excluding hydrogens is 314 g/mol. The van der Waals surface area contributed by atoms with Crippen LogP contribution in [-0.4, -0.2) is 30.4 Å². The fourth-order valence-corrected chi connectivity index (χ4v) is 3.67. The van der Waals surface area contributed by atoms with Crippen LogP contribution in [0.25, 0.3) is 5.65 Å². The maximum Gasteiger partial charge on any atom is 0.258 e. The van der Waals surface area contributed by atoms with E-state index in [4.69, 9.17) is 4.98 Å². The third kappa shape index (κ3) is 2.87. The molecule has 4 rings (SSSR count). The van der Waals surface area contributed by atoms with Crippen LogP contribution in [0.3, 0.4) is 0 Å². The van der Waals surface area contributed by atoms with E-state index in [2.05, 4.69) is 35.3 Å². The van der Waals surface area contributed by atoms with Gasteiger partial charge < -0.3 is 4.57 Å². The van der Waals surface area contributed by atoms with Crippen LogP contribution in [0, 0.1) is 0 Å². The minimum atomic E-state index is -0.0294. The predicted molar refractivity (Wildman–Crippen MR) is 96.6 cm³/mol. The second kappa shape index (κ2) is 6.11. The summed E-state index contributed by atoms with van der Waals surface area (Å²) in [5.41, 5.74) is 3.99. The molecule has 0 aliphatic carbocycles. The van der Waals surface area contributed by atoms with Crippen molar-refractivity contribution < 1.29 is 0 Å². The minimum Gasteiger partial charge on any atom is -0.335 e. The van der Waals surface area contributed by atoms with Gasteiger partial charge in [-0.1, -0.05) is 19.9 Å². The summed E-state index contributed by atoms with van der Waals surface area (Å²) in [6, 6.07) is 7.25. The highest BCUT2D eigenvalue weighted by Crippen LogP contribution is 2.23. The maximum atomic E-state index is 12.3. The number of hydrogen-bond acceptors (Lipinski definition) is 4. The van der Waals surface area contributed by atoms with Crippen LogP contribution in [-0.2, 0) is 26.6 Å². The first-order valence-electron chi connectivity index (χ1n) is 8.77. The topological polar surface area (TPSA) is 55.4 Å². The van der Waals surface area contributed by atoms with Gasteiger partial charge in [0.25, 0.3) is 5.56 Å². The quantitative estimate of drug-likeness (QED) is 0.734. The molecule has 1 aliphatic rings. The molecule has 0 fully saturated rings. The fourth-order valence-electron chi connectivity index (χ4n) is 3.67. The van der Waals surface area contributed by atoms with E-state index < -0.39 is 0 Å². The Balaban J connectivity index is 1.59. The van der Waals surface area contributed by atoms with Gasteiger partial charge in [-0.05, 0) is 12.1 Å². The Morgan fingerprint density at radius 1 is 1.24 bits per heavy atom. The zero-order valence-electron chi connectivity index (χ0n) is 14.9. The predicted octanol–water partition coefficient (Wildman–Crippen LogP) is 2.11. The van der Waals surface area contributed by atoms with Crippen molar-refractivity contribution in [2.24, 2.45) is 7.05 Å². The summed E-state index contributed by atoms with van der Waals surface area (Å²) in [5.74, 6) is 1.57. The molecule has 0 atom stereocenters. The molecule has 3 aromatic rings. The molecule has 0 amide bonds. The number of nitrogens with zero attached hydrogens (tertiary/aromatic N) is 5. The monoisotopic (exact) mass is 337 g/mol. The number of fused-ring (bicyclic) bond motifs is 2. The summed E-state index contributed by atoms with van der Waals surface area (Å²) < 4.78 is 3.82. The summed E-state index contributed by atoms with van der Waals surface area (Å²) in [6.45, 7) is 6.80. The maximum absolute atomic E-state index is 12.3. The van der Waals surface area contributed by atoms with Crippen LogP contribution >= 0.6 is 0 Å². The molecule has 0 saturated heterocycles. The highest BCUT2D eigenvalue weighted by atomic mass is 16.1. The van der Waals surface area contributed by atoms with E-state index >= 15 is 0 Å². The molecule has 0 N–H and O–H groups in total. The lowest BCUT2D eigenvalue weighted by atomic mass is 10.1. The van der Waals surface area contributed by atoms with Crippen molar-refractivity contribution in [3.8, 4) is 0 Å². The largest absolute Gasteiger partial charge is 0.335 e. The Morgan fingerprint density at radius 3 is 2.88 bits per heavy atom. The van der Waals surface area contributed by atoms with Crippen LogP contribution in [0.5, 0.6) is 0 Å². The van der Waals surface area contributed by atoms with Crippen molar-refractivity contribution in [3.05, 3.63) is 63.7 Å². The number of imidazole rings is 1. The number of pyridine rings is 1. The van der Waals surface area contributed by atoms with Crippen LogP contribution in [0.1, 0.15) is 42.7 Å². The van der Waals surface area contributed by atoms with Gasteiger partial charge in [0.05, 0.1) is 11.4 Å². The Bertz CT molecular complexity index is 985. The SMILES string of the molecule is CC(C)c1nc2c(n1C)CCN(Cc1cc(=O)n3ccccc3n1)C2. The summed E-state index contributed by atoms with van der Waals surface area (Å²) in [5, 5.41) is 0. The van der Waals surface area contributed by atoms with E-state index in [1.807, 2.05) is 18.2 Å². The van der Waals surface area contributed by atoms with Gasteiger partial charge in [0, 0.05) is 57.0 Å². The lowest BCUT2D eigenvalue weighted by Gasteiger charge is -2.26. The van der Waals surface area contributed by atoms with Crippen LogP contribution in [0.2, 0.25) is 0 Å². The van der Waals surface area contributed by atoms with Crippen molar-refractivity contribution in [2.45, 2.75) is 39.3 Å². The van der Waals surface area contributed by atoms with Crippen molar-refractivity contribution in [3.63, 3.8) is 0 Å². The van der Waals surface area contributed by atoms with E-state index in [1.54, 1.807) is 16.7 Å². The second-order valence-corrected chi connectivity index (χ2v) is 7.05. The molecule has 25 heavy (non-hydrogen) atoms. The summed E-state index contributed by atoms with van der Waals surface area (Å²) in [7, 11) is 2.11. The molecule has 130 valence electrons. The molecular formula is C19H23N5O. The van der Waals surface area contributed by atoms with Gasteiger partial charge >= 0.3 is 0 Å². The van der Waals surface area contributed by atoms with E-state index in [0.29, 0.717) is 18.1 Å². The van der Waals surface area contributed by atoms with Crippen molar-refractivity contribution in [2.75, 3.05) is 6.54 Å². The molecule has 0 spiro atoms. The first-order chi connectivity index (χ1) is 12.0. The van der Waals surface area contributed by atoms with Gasteiger partial charge in [0.2, 0.25) is 0 Å². The first kappa shape index (κ1) is 16.0. The van der Waals surface area contributed by atoms with Crippen molar-refractivity contribution >= 4 is 5.65 Å². The lowest BCUT2D eigenvalue weighted by molar-refractivity contribution is 0.237. The number of hydrogen-bond donors (Lipinski definition) is 0. The fraction of sp³-hybridized carbons (Fsp3) is 0.421. The van der Waals surface area contributed by atoms with E-state index in [0.717, 1.165) is 36.7 Å². The standard InChI is InChI=1S/C19H23N5O/c1-13(2)19-21-15-12-23(9-7-16(15)22(19)3)11-14-10-18(25)24-8-5-4-6-17(24)20-14/h4-6,8,10,13H,7,9,11-12H2,1-3H3. The van der Waals surface area contributed by atoms with E-state index in [9.17, 15) is 4.79 Å². The van der Waals surface area contributed by atoms with Crippen LogP contribution in [0.4, 0.5) is 0 Å². The van der Waals surface area contributed by atoms with Gasteiger partial charge in [-0.15, -0.1) is 0 Å². The normalized spacial score (nSPS) is 15.0. The lowest BCUT2D eigenvalue weighted by Crippen LogP contribution is -2.31. The molecule has 4 heterocycles. The molecule has 0 radical (unpaired) electrons. The zero-order valence-corrected chi connectivity index (χ0v) is 14.9. The Morgan fingerprint density at radius 2 is 2.08 bits per heavy atom. The van der Waals surface area contributed by atoms with Crippen LogP contribution < -0.4 is 5.56 Å². The minimum absolute atomic E-state index is 0.0294. The first-order valence-corrected chi connectivity index (χ1v) is 8.77. The van der Waals surface area contributed by atoms with Gasteiger partial charge in [0.15, 0.2) is 0 Å². The Hall–Kier alpha value is -2.47. The van der Waals surface area contributed by atoms with Gasteiger partial charge in [-0.25, -0.2) is 9.97 Å². The highest BCUT2D eigenvalue weighted by Gasteiger charge is 2.24. The molecule has 0 saturated carbocycles. The third-order valence-corrected chi connectivity index (χ3v) is 4.90. The third-order valence-electron chi connectivity index (χ3n) is 4.90. The van der Waals surface area contributed by atoms with Gasteiger partial charge in [-0.3, -0.25) is 14.1 Å². The molecule has 1 aliphatic heterocycles. The second-order valence-electron chi connectivity index (χ2n) is 7.05. The average molecular weight is 337 g/mol. The summed E-state index contributed by atoms with van der Waals surface area (Å²) in [6.07, 6.45) is 2.74. The molecule has 0 bridgehead atoms. The molecule has 6 heteroatoms. The number of aromatic nitrogens is 4. The zero-order chi connectivity index (χ0) is 17.6. The summed E-state index contributed by atoms with van der Waals surface area (Å²) >= 11 is 0. The molecule has 3 aromatic heterocycles. The Labute approximate surface area is 146 Å². The smallest absolute Gasteiger partial charge is 0.258 e. The molecule has 0 aromatic carbocycles. The van der Waals surface area contributed by atoms with Gasteiger partial charge in [0.1, 0.15) is 11.5 Å². The average Bonchev–Trinajstić information content (AvgIpc) is 2.91.